The quantitative estimate of drug-likeness (QED) is 0.196. The van der Waals surface area contributed by atoms with Gasteiger partial charge in [0.2, 0.25) is 5.95 Å². The number of hydrogen-bond acceptors (Lipinski definition) is 11. The fourth-order valence-electron chi connectivity index (χ4n) is 4.07. The van der Waals surface area contributed by atoms with E-state index in [-0.39, 0.29) is 18.6 Å². The lowest BCUT2D eigenvalue weighted by Gasteiger charge is -2.22. The molecule has 12 heteroatoms. The summed E-state index contributed by atoms with van der Waals surface area (Å²) >= 11 is 0. The molecule has 0 spiro atoms. The smallest absolute Gasteiger partial charge is 0.293 e. The normalized spacial score (nSPS) is 11.8. The zero-order chi connectivity index (χ0) is 25.8. The number of nitrogens with zero attached hydrogens (tertiary/aromatic N) is 5. The van der Waals surface area contributed by atoms with Gasteiger partial charge in [-0.25, -0.2) is 4.98 Å². The molecule has 2 heterocycles. The first kappa shape index (κ1) is 26.8. The van der Waals surface area contributed by atoms with Crippen molar-refractivity contribution in [2.75, 3.05) is 38.5 Å². The van der Waals surface area contributed by atoms with Gasteiger partial charge in [-0.3, -0.25) is 4.79 Å². The average Bonchev–Trinajstić information content (AvgIpc) is 3.38. The highest BCUT2D eigenvalue weighted by atomic mass is 16.5. The number of carbonyl (C=O) groups excluding carboxylic acids is 1. The van der Waals surface area contributed by atoms with Gasteiger partial charge in [-0.1, -0.05) is 30.7 Å². The van der Waals surface area contributed by atoms with Gasteiger partial charge in [-0.15, -0.1) is 10.2 Å². The summed E-state index contributed by atoms with van der Waals surface area (Å²) in [5, 5.41) is 17.8. The molecule has 0 unspecified atom stereocenters. The van der Waals surface area contributed by atoms with Gasteiger partial charge >= 0.3 is 0 Å². The molecule has 36 heavy (non-hydrogen) atoms. The average molecular weight is 499 g/mol. The van der Waals surface area contributed by atoms with Crippen LogP contribution in [-0.4, -0.2) is 70.5 Å². The highest BCUT2D eigenvalue weighted by molar-refractivity contribution is 5.54. The van der Waals surface area contributed by atoms with Crippen LogP contribution in [0.3, 0.4) is 0 Å². The maximum Gasteiger partial charge on any atom is 0.293 e. The molecule has 0 amide bonds. The Morgan fingerprint density at radius 1 is 1.17 bits per heavy atom. The SMILES string of the molecule is CCC[C@@H](CCOC)Nc1nc(N)nc(CCOC=O)c1Cc1cc(Cc2nn[nH]n2)ccc1OC. The second kappa shape index (κ2) is 13.9. The Labute approximate surface area is 210 Å². The Bertz CT molecular complexity index is 1090. The minimum atomic E-state index is 0.147. The topological polar surface area (TPSA) is 163 Å². The van der Waals surface area contributed by atoms with Crippen LogP contribution in [0.2, 0.25) is 0 Å². The van der Waals surface area contributed by atoms with Gasteiger partial charge in [-0.2, -0.15) is 10.2 Å². The zero-order valence-corrected chi connectivity index (χ0v) is 21.0. The number of tetrazole rings is 1. The van der Waals surface area contributed by atoms with Gasteiger partial charge < -0.3 is 25.3 Å². The van der Waals surface area contributed by atoms with E-state index in [0.717, 1.165) is 41.7 Å². The van der Waals surface area contributed by atoms with E-state index in [0.29, 0.717) is 49.7 Å². The lowest BCUT2D eigenvalue weighted by molar-refractivity contribution is -0.128. The predicted octanol–water partition coefficient (Wildman–Crippen LogP) is 2.09. The molecule has 12 nitrogen and oxygen atoms in total. The minimum Gasteiger partial charge on any atom is -0.496 e. The van der Waals surface area contributed by atoms with Crippen LogP contribution in [0.4, 0.5) is 11.8 Å². The molecule has 1 aromatic carbocycles. The Kier molecular flexibility index (Phi) is 10.4. The lowest BCUT2D eigenvalue weighted by Crippen LogP contribution is -2.24. The van der Waals surface area contributed by atoms with E-state index in [4.69, 9.17) is 19.9 Å². The molecule has 0 aliphatic carbocycles. The summed E-state index contributed by atoms with van der Waals surface area (Å²) in [6.07, 6.45) is 4.17. The Morgan fingerprint density at radius 2 is 2.03 bits per heavy atom. The summed E-state index contributed by atoms with van der Waals surface area (Å²) in [4.78, 5) is 19.8. The number of rotatable bonds is 16. The Morgan fingerprint density at radius 3 is 2.72 bits per heavy atom. The number of anilines is 2. The fraction of sp³-hybridized carbons (Fsp3) is 0.500. The highest BCUT2D eigenvalue weighted by Gasteiger charge is 2.19. The van der Waals surface area contributed by atoms with Crippen molar-refractivity contribution in [1.29, 1.82) is 0 Å². The van der Waals surface area contributed by atoms with Gasteiger partial charge in [0.25, 0.3) is 6.47 Å². The molecule has 4 N–H and O–H groups in total. The molecule has 194 valence electrons. The summed E-state index contributed by atoms with van der Waals surface area (Å²) in [6.45, 7) is 3.37. The summed E-state index contributed by atoms with van der Waals surface area (Å²) in [7, 11) is 3.33. The summed E-state index contributed by atoms with van der Waals surface area (Å²) in [5.41, 5.74) is 9.61. The molecular formula is C24H34N8O4. The third-order valence-corrected chi connectivity index (χ3v) is 5.75. The lowest BCUT2D eigenvalue weighted by atomic mass is 9.98. The van der Waals surface area contributed by atoms with Crippen molar-refractivity contribution in [3.05, 3.63) is 46.4 Å². The zero-order valence-electron chi connectivity index (χ0n) is 21.0. The fourth-order valence-corrected chi connectivity index (χ4v) is 4.07. The standard InChI is InChI=1S/C24H34N8O4/c1-4-5-18(8-10-34-2)26-23-19(20(9-11-36-15-33)27-24(25)28-23)14-17-12-16(6-7-21(17)35-3)13-22-29-31-32-30-22/h6-7,12,15,18H,4-5,8-11,13-14H2,1-3H3,(H3,25,26,27,28)(H,29,30,31,32)/t18-/m0/s1. The van der Waals surface area contributed by atoms with Crippen LogP contribution >= 0.6 is 0 Å². The van der Waals surface area contributed by atoms with Gasteiger partial charge in [0.1, 0.15) is 11.6 Å². The second-order valence-corrected chi connectivity index (χ2v) is 8.31. The third kappa shape index (κ3) is 7.60. The summed E-state index contributed by atoms with van der Waals surface area (Å²) < 4.78 is 15.9. The maximum absolute atomic E-state index is 10.7. The van der Waals surface area contributed by atoms with Crippen molar-refractivity contribution in [2.45, 2.75) is 51.5 Å². The van der Waals surface area contributed by atoms with Crippen molar-refractivity contribution < 1.29 is 19.0 Å². The van der Waals surface area contributed by atoms with Crippen molar-refractivity contribution in [3.8, 4) is 5.75 Å². The van der Waals surface area contributed by atoms with E-state index < -0.39 is 0 Å². The van der Waals surface area contributed by atoms with Crippen LogP contribution < -0.4 is 15.8 Å². The monoisotopic (exact) mass is 498 g/mol. The number of nitrogens with two attached hydrogens (primary N) is 1. The van der Waals surface area contributed by atoms with Gasteiger partial charge in [-0.05, 0) is 30.0 Å². The van der Waals surface area contributed by atoms with E-state index in [1.54, 1.807) is 14.2 Å². The van der Waals surface area contributed by atoms with Crippen molar-refractivity contribution in [3.63, 3.8) is 0 Å². The molecular weight excluding hydrogens is 464 g/mol. The highest BCUT2D eigenvalue weighted by Crippen LogP contribution is 2.29. The van der Waals surface area contributed by atoms with E-state index in [2.05, 4.69) is 48.9 Å². The van der Waals surface area contributed by atoms with E-state index >= 15 is 0 Å². The van der Waals surface area contributed by atoms with E-state index in [9.17, 15) is 4.79 Å². The molecule has 0 saturated carbocycles. The van der Waals surface area contributed by atoms with Crippen molar-refractivity contribution >= 4 is 18.2 Å². The number of methoxy groups -OCH3 is 2. The van der Waals surface area contributed by atoms with Crippen LogP contribution in [0.15, 0.2) is 18.2 Å². The molecule has 0 aliphatic heterocycles. The first-order valence-corrected chi connectivity index (χ1v) is 11.9. The van der Waals surface area contributed by atoms with Crippen LogP contribution in [0.5, 0.6) is 5.75 Å². The molecule has 1 atom stereocenters. The van der Waals surface area contributed by atoms with Gasteiger partial charge in [0.05, 0.1) is 19.4 Å². The van der Waals surface area contributed by atoms with Crippen LogP contribution in [0.1, 0.15) is 54.4 Å². The number of aromatic amines is 1. The molecule has 3 rings (SSSR count). The van der Waals surface area contributed by atoms with E-state index in [1.165, 1.54) is 0 Å². The van der Waals surface area contributed by atoms with Crippen LogP contribution in [0, 0.1) is 0 Å². The van der Waals surface area contributed by atoms with Crippen LogP contribution in [-0.2, 0) is 33.5 Å². The Hall–Kier alpha value is -3.80. The van der Waals surface area contributed by atoms with Crippen LogP contribution in [0.25, 0.3) is 0 Å². The number of nitrogen functional groups attached to an aromatic ring is 1. The van der Waals surface area contributed by atoms with Crippen molar-refractivity contribution in [1.82, 2.24) is 30.6 Å². The molecule has 0 bridgehead atoms. The molecule has 2 aromatic heterocycles. The summed E-state index contributed by atoms with van der Waals surface area (Å²) in [5.74, 6) is 2.14. The summed E-state index contributed by atoms with van der Waals surface area (Å²) in [6, 6.07) is 6.09. The first-order valence-electron chi connectivity index (χ1n) is 11.9. The molecule has 0 fully saturated rings. The maximum atomic E-state index is 10.7. The van der Waals surface area contributed by atoms with E-state index in [1.807, 2.05) is 12.1 Å². The van der Waals surface area contributed by atoms with Gasteiger partial charge in [0.15, 0.2) is 5.82 Å². The number of aromatic nitrogens is 6. The number of carbonyl (C=O) groups is 1. The number of H-pyrrole nitrogens is 1. The second-order valence-electron chi connectivity index (χ2n) is 8.31. The number of ether oxygens (including phenoxy) is 3. The number of hydrogen-bond donors (Lipinski definition) is 3. The molecule has 0 aliphatic rings. The van der Waals surface area contributed by atoms with Gasteiger partial charge in [0, 0.05) is 44.6 Å². The predicted molar refractivity (Wildman–Crippen MR) is 134 cm³/mol. The number of nitrogens with one attached hydrogen (secondary N) is 2. The number of benzene rings is 1. The minimum absolute atomic E-state index is 0.147. The largest absolute Gasteiger partial charge is 0.496 e. The molecule has 0 radical (unpaired) electrons. The Balaban J connectivity index is 2.00. The van der Waals surface area contributed by atoms with Crippen molar-refractivity contribution in [2.24, 2.45) is 0 Å². The molecule has 0 saturated heterocycles. The first-order chi connectivity index (χ1) is 17.6. The molecule has 3 aromatic rings. The third-order valence-electron chi connectivity index (χ3n) is 5.75.